The number of aryl methyl sites for hydroxylation is 1. The Morgan fingerprint density at radius 1 is 0.882 bits per heavy atom. The molecule has 0 bridgehead atoms. The third-order valence-corrected chi connectivity index (χ3v) is 6.71. The Bertz CT molecular complexity index is 1180. The van der Waals surface area contributed by atoms with Gasteiger partial charge < -0.3 is 4.90 Å². The van der Waals surface area contributed by atoms with Crippen LogP contribution in [0.2, 0.25) is 0 Å². The van der Waals surface area contributed by atoms with Crippen LogP contribution in [0.3, 0.4) is 0 Å². The Balaban J connectivity index is 1.59. The molecule has 0 saturated carbocycles. The second-order valence-electron chi connectivity index (χ2n) is 9.07. The highest BCUT2D eigenvalue weighted by Crippen LogP contribution is 2.42. The van der Waals surface area contributed by atoms with Gasteiger partial charge in [0.15, 0.2) is 0 Å². The SMILES string of the molecule is Cc1ccccc1[C@]1(CC(=O)N(C)CCc2ccccc2)CC(=O)N(Cc2ccccc2)C1=O. The monoisotopic (exact) mass is 454 g/mol. The fraction of sp³-hybridized carbons (Fsp3) is 0.276. The van der Waals surface area contributed by atoms with Crippen LogP contribution < -0.4 is 0 Å². The van der Waals surface area contributed by atoms with Crippen molar-refractivity contribution in [1.29, 1.82) is 0 Å². The van der Waals surface area contributed by atoms with E-state index in [1.165, 1.54) is 4.90 Å². The first kappa shape index (κ1) is 23.4. The zero-order valence-electron chi connectivity index (χ0n) is 19.7. The van der Waals surface area contributed by atoms with Crippen LogP contribution in [-0.2, 0) is 32.8 Å². The largest absolute Gasteiger partial charge is 0.345 e. The van der Waals surface area contributed by atoms with Gasteiger partial charge in [-0.25, -0.2) is 0 Å². The molecule has 5 nitrogen and oxygen atoms in total. The van der Waals surface area contributed by atoms with Crippen LogP contribution >= 0.6 is 0 Å². The summed E-state index contributed by atoms with van der Waals surface area (Å²) in [6.45, 7) is 2.69. The van der Waals surface area contributed by atoms with Crippen LogP contribution in [0.4, 0.5) is 0 Å². The molecule has 1 saturated heterocycles. The minimum atomic E-state index is -1.19. The summed E-state index contributed by atoms with van der Waals surface area (Å²) in [4.78, 5) is 43.4. The van der Waals surface area contributed by atoms with Crippen LogP contribution in [0.15, 0.2) is 84.9 Å². The summed E-state index contributed by atoms with van der Waals surface area (Å²) in [7, 11) is 1.76. The lowest BCUT2D eigenvalue weighted by molar-refractivity contribution is -0.143. The van der Waals surface area contributed by atoms with Gasteiger partial charge in [-0.3, -0.25) is 19.3 Å². The van der Waals surface area contributed by atoms with E-state index in [4.69, 9.17) is 0 Å². The van der Waals surface area contributed by atoms with E-state index in [2.05, 4.69) is 0 Å². The Labute approximate surface area is 201 Å². The number of hydrogen-bond acceptors (Lipinski definition) is 3. The van der Waals surface area contributed by atoms with Gasteiger partial charge in [0.2, 0.25) is 17.7 Å². The first-order chi connectivity index (χ1) is 16.4. The van der Waals surface area contributed by atoms with Crippen LogP contribution in [0, 0.1) is 6.92 Å². The molecule has 3 amide bonds. The number of imide groups is 1. The van der Waals surface area contributed by atoms with Crippen LogP contribution in [0.5, 0.6) is 0 Å². The molecule has 0 spiro atoms. The van der Waals surface area contributed by atoms with E-state index in [9.17, 15) is 14.4 Å². The fourth-order valence-electron chi connectivity index (χ4n) is 4.74. The molecule has 1 aliphatic rings. The average molecular weight is 455 g/mol. The number of nitrogens with zero attached hydrogens (tertiary/aromatic N) is 2. The Morgan fingerprint density at radius 2 is 1.47 bits per heavy atom. The minimum Gasteiger partial charge on any atom is -0.345 e. The first-order valence-electron chi connectivity index (χ1n) is 11.6. The fourth-order valence-corrected chi connectivity index (χ4v) is 4.74. The lowest BCUT2D eigenvalue weighted by Crippen LogP contribution is -2.43. The molecule has 3 aromatic carbocycles. The number of benzene rings is 3. The van der Waals surface area contributed by atoms with Crippen molar-refractivity contribution in [2.45, 2.75) is 38.1 Å². The molecule has 174 valence electrons. The molecule has 0 aliphatic carbocycles. The highest BCUT2D eigenvalue weighted by molar-refractivity contribution is 6.10. The highest BCUT2D eigenvalue weighted by atomic mass is 16.2. The van der Waals surface area contributed by atoms with Crippen molar-refractivity contribution in [2.75, 3.05) is 13.6 Å². The van der Waals surface area contributed by atoms with E-state index in [1.807, 2.05) is 91.9 Å². The van der Waals surface area contributed by atoms with Crippen molar-refractivity contribution >= 4 is 17.7 Å². The predicted molar refractivity (Wildman–Crippen MR) is 132 cm³/mol. The van der Waals surface area contributed by atoms with Gasteiger partial charge in [-0.1, -0.05) is 84.9 Å². The molecule has 1 heterocycles. The van der Waals surface area contributed by atoms with E-state index in [0.29, 0.717) is 6.54 Å². The van der Waals surface area contributed by atoms with E-state index in [-0.39, 0.29) is 37.1 Å². The number of hydrogen-bond donors (Lipinski definition) is 0. The van der Waals surface area contributed by atoms with Crippen molar-refractivity contribution in [2.24, 2.45) is 0 Å². The minimum absolute atomic E-state index is 0.00177. The van der Waals surface area contributed by atoms with Crippen LogP contribution in [0.25, 0.3) is 0 Å². The number of amides is 3. The van der Waals surface area contributed by atoms with Gasteiger partial charge in [-0.15, -0.1) is 0 Å². The maximum absolute atomic E-state index is 13.9. The lowest BCUT2D eigenvalue weighted by Gasteiger charge is -2.30. The molecule has 0 unspecified atom stereocenters. The summed E-state index contributed by atoms with van der Waals surface area (Å²) < 4.78 is 0. The topological polar surface area (TPSA) is 57.7 Å². The molecule has 1 atom stereocenters. The third kappa shape index (κ3) is 4.79. The van der Waals surface area contributed by atoms with Crippen molar-refractivity contribution in [3.63, 3.8) is 0 Å². The van der Waals surface area contributed by atoms with Gasteiger partial charge in [-0.2, -0.15) is 0 Å². The quantitative estimate of drug-likeness (QED) is 0.478. The molecular weight excluding hydrogens is 424 g/mol. The molecular formula is C29H30N2O3. The van der Waals surface area contributed by atoms with Crippen molar-refractivity contribution < 1.29 is 14.4 Å². The summed E-state index contributed by atoms with van der Waals surface area (Å²) in [5.41, 5.74) is 2.52. The third-order valence-electron chi connectivity index (χ3n) is 6.71. The number of likely N-dealkylation sites (N-methyl/N-ethyl adjacent to an activating group) is 1. The molecule has 5 heteroatoms. The second-order valence-corrected chi connectivity index (χ2v) is 9.07. The summed E-state index contributed by atoms with van der Waals surface area (Å²) in [6.07, 6.45) is 0.703. The smallest absolute Gasteiger partial charge is 0.241 e. The summed E-state index contributed by atoms with van der Waals surface area (Å²) >= 11 is 0. The predicted octanol–water partition coefficient (Wildman–Crippen LogP) is 4.28. The molecule has 0 aromatic heterocycles. The van der Waals surface area contributed by atoms with Gasteiger partial charge in [0.25, 0.3) is 0 Å². The Hall–Kier alpha value is -3.73. The number of carbonyl (C=O) groups is 3. The zero-order valence-corrected chi connectivity index (χ0v) is 19.7. The molecule has 34 heavy (non-hydrogen) atoms. The van der Waals surface area contributed by atoms with Gasteiger partial charge in [0.1, 0.15) is 0 Å². The molecule has 0 N–H and O–H groups in total. The van der Waals surface area contributed by atoms with E-state index in [0.717, 1.165) is 28.7 Å². The van der Waals surface area contributed by atoms with Gasteiger partial charge >= 0.3 is 0 Å². The Kier molecular flexibility index (Phi) is 6.92. The normalized spacial score (nSPS) is 17.8. The number of rotatable bonds is 8. The molecule has 0 radical (unpaired) electrons. The van der Waals surface area contributed by atoms with Crippen LogP contribution in [-0.4, -0.2) is 41.1 Å². The highest BCUT2D eigenvalue weighted by Gasteiger charge is 2.54. The van der Waals surface area contributed by atoms with Gasteiger partial charge in [-0.05, 0) is 35.6 Å². The van der Waals surface area contributed by atoms with Crippen molar-refractivity contribution in [1.82, 2.24) is 9.80 Å². The standard InChI is InChI=1S/C29H30N2O3/c1-22-11-9-10-16-25(22)29(19-26(32)30(2)18-17-23-12-5-3-6-13-23)20-27(33)31(28(29)34)21-24-14-7-4-8-15-24/h3-16H,17-21H2,1-2H3/t29-/m0/s1. The average Bonchev–Trinajstić information content (AvgIpc) is 3.08. The van der Waals surface area contributed by atoms with E-state index < -0.39 is 5.41 Å². The lowest BCUT2D eigenvalue weighted by atomic mass is 9.74. The van der Waals surface area contributed by atoms with Gasteiger partial charge in [0, 0.05) is 26.4 Å². The first-order valence-corrected chi connectivity index (χ1v) is 11.6. The number of likely N-dealkylation sites (tertiary alicyclic amines) is 1. The Morgan fingerprint density at radius 3 is 2.12 bits per heavy atom. The molecule has 4 rings (SSSR count). The summed E-state index contributed by atoms with van der Waals surface area (Å²) in [5.74, 6) is -0.667. The second kappa shape index (κ2) is 10.0. The molecule has 1 fully saturated rings. The van der Waals surface area contributed by atoms with E-state index in [1.54, 1.807) is 11.9 Å². The maximum Gasteiger partial charge on any atom is 0.241 e. The van der Waals surface area contributed by atoms with Crippen LogP contribution in [0.1, 0.15) is 35.1 Å². The summed E-state index contributed by atoms with van der Waals surface area (Å²) in [5, 5.41) is 0. The number of carbonyl (C=O) groups excluding carboxylic acids is 3. The van der Waals surface area contributed by atoms with E-state index >= 15 is 0 Å². The summed E-state index contributed by atoms with van der Waals surface area (Å²) in [6, 6.07) is 27.1. The zero-order chi connectivity index (χ0) is 24.1. The molecule has 1 aliphatic heterocycles. The van der Waals surface area contributed by atoms with Gasteiger partial charge in [0.05, 0.1) is 12.0 Å². The van der Waals surface area contributed by atoms with Crippen molar-refractivity contribution in [3.05, 3.63) is 107 Å². The van der Waals surface area contributed by atoms with Crippen molar-refractivity contribution in [3.8, 4) is 0 Å². The molecule has 3 aromatic rings. The maximum atomic E-state index is 13.9.